The van der Waals surface area contributed by atoms with Crippen LogP contribution >= 0.6 is 0 Å². The SMILES string of the molecule is CC1CCCCC1NCCOCCN(C)C. The fourth-order valence-electron chi connectivity index (χ4n) is 2.29. The van der Waals surface area contributed by atoms with Crippen LogP contribution in [0.25, 0.3) is 0 Å². The molecule has 0 aromatic heterocycles. The van der Waals surface area contributed by atoms with Crippen molar-refractivity contribution in [2.45, 2.75) is 38.6 Å². The van der Waals surface area contributed by atoms with Crippen molar-refractivity contribution < 1.29 is 4.74 Å². The number of ether oxygens (including phenoxy) is 1. The van der Waals surface area contributed by atoms with E-state index in [2.05, 4.69) is 31.2 Å². The van der Waals surface area contributed by atoms with Gasteiger partial charge in [-0.15, -0.1) is 0 Å². The molecule has 0 saturated heterocycles. The Morgan fingerprint density at radius 1 is 1.19 bits per heavy atom. The summed E-state index contributed by atoms with van der Waals surface area (Å²) in [7, 11) is 4.15. The zero-order valence-electron chi connectivity index (χ0n) is 11.2. The molecule has 1 N–H and O–H groups in total. The van der Waals surface area contributed by atoms with Crippen LogP contribution in [-0.2, 0) is 4.74 Å². The van der Waals surface area contributed by atoms with Crippen molar-refractivity contribution in [2.24, 2.45) is 5.92 Å². The first kappa shape index (κ1) is 13.9. The number of hydrogen-bond donors (Lipinski definition) is 1. The zero-order chi connectivity index (χ0) is 11.8. The van der Waals surface area contributed by atoms with Gasteiger partial charge in [0, 0.05) is 19.1 Å². The van der Waals surface area contributed by atoms with Gasteiger partial charge in [0.1, 0.15) is 0 Å². The lowest BCUT2D eigenvalue weighted by molar-refractivity contribution is 0.114. The zero-order valence-corrected chi connectivity index (χ0v) is 11.2. The van der Waals surface area contributed by atoms with Crippen molar-refractivity contribution in [1.29, 1.82) is 0 Å². The van der Waals surface area contributed by atoms with E-state index >= 15 is 0 Å². The highest BCUT2D eigenvalue weighted by molar-refractivity contribution is 4.77. The summed E-state index contributed by atoms with van der Waals surface area (Å²) in [6.07, 6.45) is 5.54. The molecule has 0 aromatic carbocycles. The molecular weight excluding hydrogens is 200 g/mol. The standard InChI is InChI=1S/C13H28N2O/c1-12-6-4-5-7-13(12)14-8-10-16-11-9-15(2)3/h12-14H,4-11H2,1-3H3. The molecule has 1 saturated carbocycles. The van der Waals surface area contributed by atoms with E-state index in [1.807, 2.05) is 0 Å². The van der Waals surface area contributed by atoms with Crippen LogP contribution < -0.4 is 5.32 Å². The minimum absolute atomic E-state index is 0.728. The van der Waals surface area contributed by atoms with E-state index < -0.39 is 0 Å². The predicted octanol–water partition coefficient (Wildman–Crippen LogP) is 1.73. The molecule has 0 amide bonds. The molecule has 1 fully saturated rings. The largest absolute Gasteiger partial charge is 0.379 e. The van der Waals surface area contributed by atoms with E-state index in [1.165, 1.54) is 25.7 Å². The minimum atomic E-state index is 0.728. The maximum absolute atomic E-state index is 5.57. The summed E-state index contributed by atoms with van der Waals surface area (Å²) in [5.41, 5.74) is 0. The van der Waals surface area contributed by atoms with Gasteiger partial charge in [0.25, 0.3) is 0 Å². The Kier molecular flexibility index (Phi) is 7.01. The molecule has 96 valence electrons. The van der Waals surface area contributed by atoms with Crippen LogP contribution in [0.4, 0.5) is 0 Å². The molecule has 3 heteroatoms. The van der Waals surface area contributed by atoms with Crippen LogP contribution in [0.1, 0.15) is 32.6 Å². The molecule has 16 heavy (non-hydrogen) atoms. The lowest BCUT2D eigenvalue weighted by Gasteiger charge is -2.29. The second-order valence-electron chi connectivity index (χ2n) is 5.24. The summed E-state index contributed by atoms with van der Waals surface area (Å²) in [6.45, 7) is 6.07. The molecule has 0 bridgehead atoms. The summed E-state index contributed by atoms with van der Waals surface area (Å²) in [5, 5.41) is 3.62. The minimum Gasteiger partial charge on any atom is -0.379 e. The molecule has 2 unspecified atom stereocenters. The van der Waals surface area contributed by atoms with Gasteiger partial charge in [-0.3, -0.25) is 0 Å². The van der Waals surface area contributed by atoms with E-state index in [1.54, 1.807) is 0 Å². The van der Waals surface area contributed by atoms with Gasteiger partial charge in [0.2, 0.25) is 0 Å². The number of nitrogens with one attached hydrogen (secondary N) is 1. The Bertz CT molecular complexity index is 173. The highest BCUT2D eigenvalue weighted by Crippen LogP contribution is 2.23. The summed E-state index contributed by atoms with van der Waals surface area (Å²) >= 11 is 0. The second kappa shape index (κ2) is 8.04. The Labute approximate surface area is 101 Å². The fourth-order valence-corrected chi connectivity index (χ4v) is 2.29. The maximum Gasteiger partial charge on any atom is 0.0593 e. The first-order valence-electron chi connectivity index (χ1n) is 6.66. The number of hydrogen-bond acceptors (Lipinski definition) is 3. The Morgan fingerprint density at radius 2 is 1.94 bits per heavy atom. The van der Waals surface area contributed by atoms with E-state index in [9.17, 15) is 0 Å². The second-order valence-corrected chi connectivity index (χ2v) is 5.24. The molecule has 2 atom stereocenters. The van der Waals surface area contributed by atoms with Gasteiger partial charge in [-0.25, -0.2) is 0 Å². The number of nitrogens with zero attached hydrogens (tertiary/aromatic N) is 1. The summed E-state index contributed by atoms with van der Waals surface area (Å²) in [5.74, 6) is 0.843. The van der Waals surface area contributed by atoms with Crippen LogP contribution in [-0.4, -0.2) is 51.3 Å². The first-order valence-corrected chi connectivity index (χ1v) is 6.66. The number of rotatable bonds is 7. The molecular formula is C13H28N2O. The highest BCUT2D eigenvalue weighted by Gasteiger charge is 2.19. The first-order chi connectivity index (χ1) is 7.70. The van der Waals surface area contributed by atoms with Gasteiger partial charge in [0.05, 0.1) is 13.2 Å². The molecule has 0 aromatic rings. The lowest BCUT2D eigenvalue weighted by atomic mass is 9.86. The summed E-state index contributed by atoms with van der Waals surface area (Å²) in [6, 6.07) is 0.728. The molecule has 1 rings (SSSR count). The van der Waals surface area contributed by atoms with Crippen molar-refractivity contribution >= 4 is 0 Å². The molecule has 0 radical (unpaired) electrons. The van der Waals surface area contributed by atoms with Gasteiger partial charge in [-0.2, -0.15) is 0 Å². The van der Waals surface area contributed by atoms with Crippen molar-refractivity contribution in [2.75, 3.05) is 40.4 Å². The van der Waals surface area contributed by atoms with Gasteiger partial charge < -0.3 is 15.0 Å². The van der Waals surface area contributed by atoms with E-state index in [0.717, 1.165) is 38.3 Å². The van der Waals surface area contributed by atoms with Crippen molar-refractivity contribution in [1.82, 2.24) is 10.2 Å². The molecule has 0 spiro atoms. The molecule has 0 heterocycles. The molecule has 1 aliphatic rings. The van der Waals surface area contributed by atoms with Crippen LogP contribution in [0.5, 0.6) is 0 Å². The third-order valence-corrected chi connectivity index (χ3v) is 3.45. The lowest BCUT2D eigenvalue weighted by Crippen LogP contribution is -2.39. The smallest absolute Gasteiger partial charge is 0.0593 e. The van der Waals surface area contributed by atoms with Crippen molar-refractivity contribution in [3.63, 3.8) is 0 Å². The Balaban J connectivity index is 1.94. The fraction of sp³-hybridized carbons (Fsp3) is 1.00. The summed E-state index contributed by atoms with van der Waals surface area (Å²) < 4.78 is 5.57. The van der Waals surface area contributed by atoms with Gasteiger partial charge in [0.15, 0.2) is 0 Å². The quantitative estimate of drug-likeness (QED) is 0.672. The predicted molar refractivity (Wildman–Crippen MR) is 68.8 cm³/mol. The maximum atomic E-state index is 5.57. The Morgan fingerprint density at radius 3 is 2.62 bits per heavy atom. The third kappa shape index (κ3) is 5.83. The molecule has 0 aliphatic heterocycles. The average molecular weight is 228 g/mol. The summed E-state index contributed by atoms with van der Waals surface area (Å²) in [4.78, 5) is 2.15. The Hall–Kier alpha value is -0.120. The normalized spacial score (nSPS) is 26.2. The van der Waals surface area contributed by atoms with Crippen LogP contribution in [0.15, 0.2) is 0 Å². The topological polar surface area (TPSA) is 24.5 Å². The van der Waals surface area contributed by atoms with Crippen LogP contribution in [0.2, 0.25) is 0 Å². The molecule has 3 nitrogen and oxygen atoms in total. The van der Waals surface area contributed by atoms with Gasteiger partial charge in [-0.05, 0) is 32.9 Å². The van der Waals surface area contributed by atoms with Crippen LogP contribution in [0.3, 0.4) is 0 Å². The number of likely N-dealkylation sites (N-methyl/N-ethyl adjacent to an activating group) is 1. The van der Waals surface area contributed by atoms with E-state index in [-0.39, 0.29) is 0 Å². The van der Waals surface area contributed by atoms with E-state index in [0.29, 0.717) is 0 Å². The van der Waals surface area contributed by atoms with Gasteiger partial charge >= 0.3 is 0 Å². The monoisotopic (exact) mass is 228 g/mol. The highest BCUT2D eigenvalue weighted by atomic mass is 16.5. The van der Waals surface area contributed by atoms with Gasteiger partial charge in [-0.1, -0.05) is 19.8 Å². The van der Waals surface area contributed by atoms with Crippen LogP contribution in [0, 0.1) is 5.92 Å². The van der Waals surface area contributed by atoms with Crippen molar-refractivity contribution in [3.8, 4) is 0 Å². The molecule has 1 aliphatic carbocycles. The van der Waals surface area contributed by atoms with Crippen molar-refractivity contribution in [3.05, 3.63) is 0 Å². The average Bonchev–Trinajstić information content (AvgIpc) is 2.25. The van der Waals surface area contributed by atoms with E-state index in [4.69, 9.17) is 4.74 Å². The third-order valence-electron chi connectivity index (χ3n) is 3.45.